The number of likely N-dealkylation sites (tertiary alicyclic amines) is 1. The molecule has 1 aromatic rings. The second kappa shape index (κ2) is 3.59. The number of halogens is 1. The zero-order valence-corrected chi connectivity index (χ0v) is 10.8. The minimum atomic E-state index is -0.133. The summed E-state index contributed by atoms with van der Waals surface area (Å²) in [6.45, 7) is 2.30. The van der Waals surface area contributed by atoms with Crippen molar-refractivity contribution in [3.05, 3.63) is 34.2 Å². The molecule has 0 spiro atoms. The Bertz CT molecular complexity index is 442. The van der Waals surface area contributed by atoms with Crippen LogP contribution in [0.15, 0.2) is 23.0 Å². The van der Waals surface area contributed by atoms with Gasteiger partial charge in [0.2, 0.25) is 0 Å². The third-order valence-electron chi connectivity index (χ3n) is 3.16. The molecule has 0 radical (unpaired) electrons. The molecule has 15 heavy (non-hydrogen) atoms. The van der Waals surface area contributed by atoms with Crippen LogP contribution in [0.25, 0.3) is 0 Å². The van der Waals surface area contributed by atoms with Crippen molar-refractivity contribution in [2.24, 2.45) is 0 Å². The Morgan fingerprint density at radius 3 is 3.13 bits per heavy atom. The summed E-state index contributed by atoms with van der Waals surface area (Å²) in [7, 11) is 2.19. The summed E-state index contributed by atoms with van der Waals surface area (Å²) in [4.78, 5) is 14.2. The van der Waals surface area contributed by atoms with Crippen LogP contribution in [0.4, 0.5) is 0 Å². The molecular formula is C11H14IN2O-. The molecule has 1 aromatic heterocycles. The van der Waals surface area contributed by atoms with Crippen molar-refractivity contribution < 1.29 is 21.5 Å². The van der Waals surface area contributed by atoms with E-state index < -0.39 is 0 Å². The third kappa shape index (κ3) is 1.63. The molecule has 0 amide bonds. The van der Waals surface area contributed by atoms with Gasteiger partial charge in [0, 0.05) is 0 Å². The number of nitrogens with zero attached hydrogens (tertiary/aromatic N) is 2. The SMILES string of the molecule is CN1CC2CC(C1)c1cccc(=O)n1[I-]2. The van der Waals surface area contributed by atoms with Crippen LogP contribution in [0, 0.1) is 0 Å². The van der Waals surface area contributed by atoms with Crippen LogP contribution in [0.5, 0.6) is 0 Å². The number of fused-ring (bicyclic) bond motifs is 4. The van der Waals surface area contributed by atoms with Crippen molar-refractivity contribution in [1.29, 1.82) is 0 Å². The van der Waals surface area contributed by atoms with Gasteiger partial charge in [0.1, 0.15) is 0 Å². The van der Waals surface area contributed by atoms with Crippen molar-refractivity contribution in [2.75, 3.05) is 20.1 Å². The molecule has 2 aliphatic rings. The molecule has 3 nitrogen and oxygen atoms in total. The quantitative estimate of drug-likeness (QED) is 0.391. The van der Waals surface area contributed by atoms with Gasteiger partial charge < -0.3 is 0 Å². The molecule has 4 heteroatoms. The molecule has 2 atom stereocenters. The predicted octanol–water partition coefficient (Wildman–Crippen LogP) is -2.50. The van der Waals surface area contributed by atoms with Gasteiger partial charge in [0.25, 0.3) is 0 Å². The standard InChI is InChI=1S/C11H14IN2O/c1-13-6-8-5-9(7-13)12-14-10(8)3-2-4-11(14)15/h2-4,8-9H,5-7H2,1H3/q-1. The molecule has 0 aromatic carbocycles. The van der Waals surface area contributed by atoms with E-state index in [0.717, 1.165) is 10.5 Å². The maximum absolute atomic E-state index is 11.8. The van der Waals surface area contributed by atoms with Crippen LogP contribution in [-0.2, 0) is 0 Å². The summed E-state index contributed by atoms with van der Waals surface area (Å²) in [5, 5.41) is 0. The van der Waals surface area contributed by atoms with Crippen LogP contribution in [0.2, 0.25) is 0 Å². The summed E-state index contributed by atoms with van der Waals surface area (Å²) in [5.74, 6) is 0.594. The number of aromatic nitrogens is 1. The fourth-order valence-corrected chi connectivity index (χ4v) is 6.35. The Morgan fingerprint density at radius 2 is 2.27 bits per heavy atom. The number of pyridine rings is 1. The number of rotatable bonds is 0. The maximum atomic E-state index is 11.8. The van der Waals surface area contributed by atoms with Gasteiger partial charge in [0.15, 0.2) is 0 Å². The molecule has 1 fully saturated rings. The molecule has 0 N–H and O–H groups in total. The Balaban J connectivity index is 2.10. The van der Waals surface area contributed by atoms with E-state index in [1.807, 2.05) is 6.07 Å². The summed E-state index contributed by atoms with van der Waals surface area (Å²) < 4.78 is 2.87. The van der Waals surface area contributed by atoms with Crippen molar-refractivity contribution >= 4 is 0 Å². The van der Waals surface area contributed by atoms with E-state index >= 15 is 0 Å². The van der Waals surface area contributed by atoms with Gasteiger partial charge in [-0.15, -0.1) is 0 Å². The van der Waals surface area contributed by atoms with Gasteiger partial charge in [-0.25, -0.2) is 0 Å². The van der Waals surface area contributed by atoms with Crippen LogP contribution in [-0.4, -0.2) is 31.7 Å². The van der Waals surface area contributed by atoms with Crippen LogP contribution in [0.3, 0.4) is 0 Å². The summed E-state index contributed by atoms with van der Waals surface area (Å²) >= 11 is -0.133. The van der Waals surface area contributed by atoms with Crippen LogP contribution >= 0.6 is 0 Å². The fraction of sp³-hybridized carbons (Fsp3) is 0.545. The van der Waals surface area contributed by atoms with Gasteiger partial charge in [0.05, 0.1) is 0 Å². The van der Waals surface area contributed by atoms with E-state index in [-0.39, 0.29) is 27.0 Å². The first-order valence-corrected chi connectivity index (χ1v) is 7.49. The third-order valence-corrected chi connectivity index (χ3v) is 6.44. The van der Waals surface area contributed by atoms with E-state index in [1.165, 1.54) is 18.7 Å². The zero-order chi connectivity index (χ0) is 10.4. The number of hydrogen-bond donors (Lipinski definition) is 0. The summed E-state index contributed by atoms with van der Waals surface area (Å²) in [5.41, 5.74) is 1.51. The van der Waals surface area contributed by atoms with Crippen molar-refractivity contribution in [1.82, 2.24) is 7.68 Å². The Labute approximate surface area is 99.7 Å². The predicted molar refractivity (Wildman–Crippen MR) is 54.7 cm³/mol. The molecule has 1 saturated heterocycles. The Morgan fingerprint density at radius 1 is 1.40 bits per heavy atom. The van der Waals surface area contributed by atoms with Gasteiger partial charge in [-0.05, 0) is 0 Å². The first kappa shape index (κ1) is 9.84. The molecule has 0 aliphatic carbocycles. The van der Waals surface area contributed by atoms with Gasteiger partial charge >= 0.3 is 99.8 Å². The van der Waals surface area contributed by atoms with Crippen molar-refractivity contribution in [3.8, 4) is 0 Å². The van der Waals surface area contributed by atoms with Crippen molar-refractivity contribution in [2.45, 2.75) is 16.3 Å². The topological polar surface area (TPSA) is 25.2 Å². The van der Waals surface area contributed by atoms with Gasteiger partial charge in [-0.2, -0.15) is 0 Å². The molecule has 2 unspecified atom stereocenters. The number of likely N-dealkylation sites (N-methyl/N-ethyl adjacent to an activating group) is 1. The molecule has 2 aliphatic heterocycles. The van der Waals surface area contributed by atoms with Crippen molar-refractivity contribution in [3.63, 3.8) is 0 Å². The second-order valence-corrected chi connectivity index (χ2v) is 7.70. The normalized spacial score (nSPS) is 30.5. The first-order valence-electron chi connectivity index (χ1n) is 5.28. The molecule has 3 rings (SSSR count). The Hall–Kier alpha value is -0.360. The average molecular weight is 317 g/mol. The summed E-state index contributed by atoms with van der Waals surface area (Å²) in [6.07, 6.45) is 1.31. The van der Waals surface area contributed by atoms with E-state index in [4.69, 9.17) is 0 Å². The first-order chi connectivity index (χ1) is 7.24. The molecule has 82 valence electrons. The number of hydrogen-bond acceptors (Lipinski definition) is 2. The van der Waals surface area contributed by atoms with E-state index in [1.54, 1.807) is 6.07 Å². The van der Waals surface area contributed by atoms with Gasteiger partial charge in [-0.1, -0.05) is 0 Å². The summed E-state index contributed by atoms with van der Waals surface area (Å²) in [6, 6.07) is 5.75. The second-order valence-electron chi connectivity index (χ2n) is 4.42. The van der Waals surface area contributed by atoms with Crippen LogP contribution in [0.1, 0.15) is 18.0 Å². The Kier molecular flexibility index (Phi) is 2.35. The monoisotopic (exact) mass is 317 g/mol. The van der Waals surface area contributed by atoms with E-state index in [9.17, 15) is 4.79 Å². The molecular weight excluding hydrogens is 303 g/mol. The number of alkyl halides is 1. The average Bonchev–Trinajstić information content (AvgIpc) is 2.19. The van der Waals surface area contributed by atoms with E-state index in [2.05, 4.69) is 20.8 Å². The van der Waals surface area contributed by atoms with Crippen LogP contribution < -0.4 is 27.0 Å². The molecule has 3 heterocycles. The van der Waals surface area contributed by atoms with E-state index in [0.29, 0.717) is 5.92 Å². The number of piperidine rings is 1. The fourth-order valence-electron chi connectivity index (χ4n) is 2.56. The van der Waals surface area contributed by atoms with Gasteiger partial charge in [-0.3, -0.25) is 0 Å². The zero-order valence-electron chi connectivity index (χ0n) is 8.69. The minimum absolute atomic E-state index is 0.133. The molecule has 0 saturated carbocycles. The molecule has 2 bridgehead atoms.